The zero-order valence-electron chi connectivity index (χ0n) is 10.7. The second-order valence-electron chi connectivity index (χ2n) is 4.22. The molecule has 0 aromatic carbocycles. The van der Waals surface area contributed by atoms with E-state index in [1.807, 2.05) is 0 Å². The zero-order valence-corrected chi connectivity index (χ0v) is 12.2. The molecule has 0 unspecified atom stereocenters. The number of carbonyl (C=O) groups is 2. The van der Waals surface area contributed by atoms with Crippen LogP contribution in [0.25, 0.3) is 0 Å². The molecule has 1 heterocycles. The molecule has 1 aromatic rings. The van der Waals surface area contributed by atoms with Gasteiger partial charge in [-0.2, -0.15) is 0 Å². The largest absolute Gasteiger partial charge is 0.467 e. The quantitative estimate of drug-likeness (QED) is 0.684. The number of amides is 1. The predicted octanol–water partition coefficient (Wildman–Crippen LogP) is 2.32. The fourth-order valence-corrected chi connectivity index (χ4v) is 1.91. The van der Waals surface area contributed by atoms with Gasteiger partial charge in [0.15, 0.2) is 0 Å². The summed E-state index contributed by atoms with van der Waals surface area (Å²) in [6.45, 7) is 3.60. The first kappa shape index (κ1) is 15.7. The Morgan fingerprint density at radius 3 is 2.21 bits per heavy atom. The minimum atomic E-state index is -0.733. The van der Waals surface area contributed by atoms with Gasteiger partial charge in [-0.1, -0.05) is 37.0 Å². The van der Waals surface area contributed by atoms with E-state index in [0.29, 0.717) is 0 Å². The first-order valence-corrected chi connectivity index (χ1v) is 6.32. The minimum Gasteiger partial charge on any atom is -0.467 e. The fraction of sp³-hybridized carbons (Fsp3) is 0.417. The Morgan fingerprint density at radius 2 is 1.79 bits per heavy atom. The Bertz CT molecular complexity index is 472. The maximum absolute atomic E-state index is 12.0. The van der Waals surface area contributed by atoms with E-state index < -0.39 is 17.9 Å². The van der Waals surface area contributed by atoms with Crippen LogP contribution in [0.5, 0.6) is 0 Å². The smallest absolute Gasteiger partial charge is 0.328 e. The molecular weight excluding hydrogens is 291 g/mol. The molecule has 0 aliphatic rings. The standard InChI is InChI=1S/C12H14Cl2N2O3/c1-6(2)10(12(18)19-3)16-11(17)7-4-8(13)15-9(14)5-7/h4-6,10H,1-3H3,(H,16,17)/t10-/m1/s1. The van der Waals surface area contributed by atoms with Gasteiger partial charge in [-0.3, -0.25) is 4.79 Å². The summed E-state index contributed by atoms with van der Waals surface area (Å²) in [5.74, 6) is -1.07. The van der Waals surface area contributed by atoms with Gasteiger partial charge in [0, 0.05) is 5.56 Å². The number of carbonyl (C=O) groups excluding carboxylic acids is 2. The van der Waals surface area contributed by atoms with Crippen LogP contribution < -0.4 is 5.32 Å². The minimum absolute atomic E-state index is 0.107. The summed E-state index contributed by atoms with van der Waals surface area (Å²) in [6, 6.07) is 2.01. The lowest BCUT2D eigenvalue weighted by Crippen LogP contribution is -2.45. The molecule has 0 saturated heterocycles. The number of aromatic nitrogens is 1. The first-order chi connectivity index (χ1) is 8.85. The number of esters is 1. The van der Waals surface area contributed by atoms with E-state index in [2.05, 4.69) is 15.0 Å². The monoisotopic (exact) mass is 304 g/mol. The molecule has 0 saturated carbocycles. The van der Waals surface area contributed by atoms with Gasteiger partial charge < -0.3 is 10.1 Å². The Hall–Kier alpha value is -1.33. The fourth-order valence-electron chi connectivity index (χ4n) is 1.45. The van der Waals surface area contributed by atoms with Gasteiger partial charge in [-0.05, 0) is 18.1 Å². The maximum atomic E-state index is 12.0. The molecule has 7 heteroatoms. The van der Waals surface area contributed by atoms with Crippen LogP contribution in [-0.2, 0) is 9.53 Å². The highest BCUT2D eigenvalue weighted by atomic mass is 35.5. The van der Waals surface area contributed by atoms with E-state index in [1.165, 1.54) is 19.2 Å². The van der Waals surface area contributed by atoms with Crippen LogP contribution in [0, 0.1) is 5.92 Å². The lowest BCUT2D eigenvalue weighted by molar-refractivity contribution is -0.144. The highest BCUT2D eigenvalue weighted by molar-refractivity contribution is 6.33. The summed E-state index contributed by atoms with van der Waals surface area (Å²) in [6.07, 6.45) is 0. The van der Waals surface area contributed by atoms with Crippen LogP contribution in [0.1, 0.15) is 24.2 Å². The number of halogens is 2. The SMILES string of the molecule is COC(=O)[C@H](NC(=O)c1cc(Cl)nc(Cl)c1)C(C)C. The molecule has 0 aliphatic carbocycles. The van der Waals surface area contributed by atoms with Crippen LogP contribution in [0.15, 0.2) is 12.1 Å². The molecule has 1 atom stereocenters. The Morgan fingerprint density at radius 1 is 1.26 bits per heavy atom. The molecule has 1 rings (SSSR count). The molecule has 1 amide bonds. The number of ether oxygens (including phenoxy) is 1. The second kappa shape index (κ2) is 6.73. The number of hydrogen-bond acceptors (Lipinski definition) is 4. The number of nitrogens with zero attached hydrogens (tertiary/aromatic N) is 1. The number of nitrogens with one attached hydrogen (secondary N) is 1. The molecular formula is C12H14Cl2N2O3. The van der Waals surface area contributed by atoms with E-state index in [1.54, 1.807) is 13.8 Å². The van der Waals surface area contributed by atoms with Gasteiger partial charge in [-0.25, -0.2) is 9.78 Å². The van der Waals surface area contributed by atoms with Crippen molar-refractivity contribution in [3.8, 4) is 0 Å². The van der Waals surface area contributed by atoms with Crippen molar-refractivity contribution in [1.82, 2.24) is 10.3 Å². The van der Waals surface area contributed by atoms with Crippen LogP contribution in [-0.4, -0.2) is 30.0 Å². The molecule has 1 N–H and O–H groups in total. The molecule has 104 valence electrons. The molecule has 5 nitrogen and oxygen atoms in total. The normalized spacial score (nSPS) is 12.1. The number of hydrogen-bond donors (Lipinski definition) is 1. The van der Waals surface area contributed by atoms with E-state index in [9.17, 15) is 9.59 Å². The Balaban J connectivity index is 2.90. The van der Waals surface area contributed by atoms with Crippen molar-refractivity contribution in [2.75, 3.05) is 7.11 Å². The highest BCUT2D eigenvalue weighted by Gasteiger charge is 2.25. The van der Waals surface area contributed by atoms with Crippen molar-refractivity contribution in [1.29, 1.82) is 0 Å². The number of pyridine rings is 1. The van der Waals surface area contributed by atoms with Crippen molar-refractivity contribution in [2.45, 2.75) is 19.9 Å². The lowest BCUT2D eigenvalue weighted by atomic mass is 10.0. The van der Waals surface area contributed by atoms with Crippen molar-refractivity contribution in [2.24, 2.45) is 5.92 Å². The van der Waals surface area contributed by atoms with Crippen LogP contribution in [0.4, 0.5) is 0 Å². The van der Waals surface area contributed by atoms with Crippen molar-refractivity contribution in [3.05, 3.63) is 28.0 Å². The summed E-state index contributed by atoms with van der Waals surface area (Å²) in [5, 5.41) is 2.80. The third-order valence-corrected chi connectivity index (χ3v) is 2.82. The van der Waals surface area contributed by atoms with Crippen LogP contribution in [0.3, 0.4) is 0 Å². The molecule has 0 spiro atoms. The molecule has 0 fully saturated rings. The van der Waals surface area contributed by atoms with Crippen molar-refractivity contribution >= 4 is 35.1 Å². The third-order valence-electron chi connectivity index (χ3n) is 2.43. The van der Waals surface area contributed by atoms with Crippen molar-refractivity contribution in [3.63, 3.8) is 0 Å². The first-order valence-electron chi connectivity index (χ1n) is 5.57. The van der Waals surface area contributed by atoms with Gasteiger partial charge in [-0.15, -0.1) is 0 Å². The van der Waals surface area contributed by atoms with Gasteiger partial charge in [0.05, 0.1) is 7.11 Å². The maximum Gasteiger partial charge on any atom is 0.328 e. The summed E-state index contributed by atoms with van der Waals surface area (Å²) < 4.78 is 4.64. The van der Waals surface area contributed by atoms with E-state index in [-0.39, 0.29) is 21.8 Å². The van der Waals surface area contributed by atoms with E-state index in [0.717, 1.165) is 0 Å². The molecule has 19 heavy (non-hydrogen) atoms. The predicted molar refractivity (Wildman–Crippen MR) is 72.4 cm³/mol. The molecule has 1 aromatic heterocycles. The summed E-state index contributed by atoms with van der Waals surface area (Å²) in [5.41, 5.74) is 0.236. The van der Waals surface area contributed by atoms with Gasteiger partial charge >= 0.3 is 5.97 Å². The average Bonchev–Trinajstić information content (AvgIpc) is 2.33. The zero-order chi connectivity index (χ0) is 14.6. The summed E-state index contributed by atoms with van der Waals surface area (Å²) >= 11 is 11.4. The summed E-state index contributed by atoms with van der Waals surface area (Å²) in [7, 11) is 1.27. The highest BCUT2D eigenvalue weighted by Crippen LogP contribution is 2.15. The lowest BCUT2D eigenvalue weighted by Gasteiger charge is -2.19. The van der Waals surface area contributed by atoms with E-state index >= 15 is 0 Å². The van der Waals surface area contributed by atoms with Crippen LogP contribution >= 0.6 is 23.2 Å². The van der Waals surface area contributed by atoms with Crippen molar-refractivity contribution < 1.29 is 14.3 Å². The number of methoxy groups -OCH3 is 1. The summed E-state index contributed by atoms with van der Waals surface area (Å²) in [4.78, 5) is 27.3. The molecule has 0 bridgehead atoms. The third kappa shape index (κ3) is 4.36. The molecule has 0 radical (unpaired) electrons. The number of rotatable bonds is 4. The van der Waals surface area contributed by atoms with E-state index in [4.69, 9.17) is 23.2 Å². The van der Waals surface area contributed by atoms with Gasteiger partial charge in [0.25, 0.3) is 5.91 Å². The van der Waals surface area contributed by atoms with Crippen LogP contribution in [0.2, 0.25) is 10.3 Å². The Labute approximate surface area is 121 Å². The van der Waals surface area contributed by atoms with Gasteiger partial charge in [0.1, 0.15) is 16.3 Å². The molecule has 0 aliphatic heterocycles. The topological polar surface area (TPSA) is 68.3 Å². The van der Waals surface area contributed by atoms with Gasteiger partial charge in [0.2, 0.25) is 0 Å². The average molecular weight is 305 g/mol. The Kier molecular flexibility index (Phi) is 5.57. The second-order valence-corrected chi connectivity index (χ2v) is 4.99.